The molecule has 0 saturated carbocycles. The molecule has 0 aromatic carbocycles. The van der Waals surface area contributed by atoms with Crippen LogP contribution in [0.1, 0.15) is 104 Å². The third kappa shape index (κ3) is 13.9. The molecule has 0 N–H and O–H groups in total. The molecule has 0 aromatic heterocycles. The molecule has 0 aliphatic carbocycles. The minimum atomic E-state index is -1.12. The second kappa shape index (κ2) is 17.0. The van der Waals surface area contributed by atoms with Crippen molar-refractivity contribution in [2.75, 3.05) is 19.8 Å². The van der Waals surface area contributed by atoms with Crippen molar-refractivity contribution in [3.05, 3.63) is 0 Å². The first-order chi connectivity index (χ1) is 13.3. The summed E-state index contributed by atoms with van der Waals surface area (Å²) in [5.41, 5.74) is 0. The first-order valence-corrected chi connectivity index (χ1v) is 15.3. The Kier molecular flexibility index (Phi) is 15.9. The van der Waals surface area contributed by atoms with Gasteiger partial charge in [-0.3, -0.25) is 0 Å². The highest BCUT2D eigenvalue weighted by molar-refractivity contribution is 6.79. The summed E-state index contributed by atoms with van der Waals surface area (Å²) in [7, 11) is -1.12. The summed E-state index contributed by atoms with van der Waals surface area (Å²) in [5.74, 6) is 0. The Morgan fingerprint density at radius 2 is 1.11 bits per heavy atom. The molecule has 1 fully saturated rings. The lowest BCUT2D eigenvalue weighted by atomic mass is 10.2. The van der Waals surface area contributed by atoms with Gasteiger partial charge in [-0.15, -0.1) is 0 Å². The normalized spacial score (nSPS) is 16.8. The van der Waals surface area contributed by atoms with Gasteiger partial charge in [-0.2, -0.15) is 0 Å². The van der Waals surface area contributed by atoms with Gasteiger partial charge in [0.25, 0.3) is 0 Å². The Morgan fingerprint density at radius 1 is 0.667 bits per heavy atom. The fraction of sp³-hybridized carbons (Fsp3) is 1.00. The number of ether oxygens (including phenoxy) is 2. The Hall–Kier alpha value is 0.137. The van der Waals surface area contributed by atoms with E-state index in [-0.39, 0.29) is 0 Å². The van der Waals surface area contributed by atoms with Crippen molar-refractivity contribution in [2.24, 2.45) is 0 Å². The van der Waals surface area contributed by atoms with Crippen LogP contribution >= 0.6 is 0 Å². The van der Waals surface area contributed by atoms with E-state index in [1.807, 2.05) is 0 Å². The zero-order valence-corrected chi connectivity index (χ0v) is 20.0. The summed E-state index contributed by atoms with van der Waals surface area (Å²) < 4.78 is 11.1. The molecular formula is C24H50O2Si. The summed E-state index contributed by atoms with van der Waals surface area (Å²) in [4.78, 5) is 0. The van der Waals surface area contributed by atoms with Gasteiger partial charge in [0.1, 0.15) is 6.10 Å². The maximum absolute atomic E-state index is 5.88. The summed E-state index contributed by atoms with van der Waals surface area (Å²) in [6, 6.07) is 6.30. The van der Waals surface area contributed by atoms with Crippen LogP contribution in [0.3, 0.4) is 0 Å². The summed E-state index contributed by atoms with van der Waals surface area (Å²) in [6.45, 7) is 9.72. The van der Waals surface area contributed by atoms with Crippen molar-refractivity contribution >= 4 is 8.07 Å². The Balaban J connectivity index is 2.48. The zero-order chi connectivity index (χ0) is 19.6. The molecule has 27 heavy (non-hydrogen) atoms. The van der Waals surface area contributed by atoms with E-state index in [9.17, 15) is 0 Å². The largest absolute Gasteiger partial charge is 0.379 e. The topological polar surface area (TPSA) is 21.8 Å². The molecule has 2 nitrogen and oxygen atoms in total. The Labute approximate surface area is 172 Å². The molecule has 162 valence electrons. The average molecular weight is 399 g/mol. The number of hydrogen-bond acceptors (Lipinski definition) is 2. The Bertz CT molecular complexity index is 286. The van der Waals surface area contributed by atoms with Gasteiger partial charge in [0, 0.05) is 6.61 Å². The predicted molar refractivity (Wildman–Crippen MR) is 123 cm³/mol. The van der Waals surface area contributed by atoms with E-state index in [1.165, 1.54) is 89.5 Å². The Morgan fingerprint density at radius 3 is 1.52 bits per heavy atom. The predicted octanol–water partition coefficient (Wildman–Crippen LogP) is 7.98. The molecule has 0 amide bonds. The third-order valence-corrected chi connectivity index (χ3v) is 12.0. The monoisotopic (exact) mass is 398 g/mol. The molecule has 0 bridgehead atoms. The van der Waals surface area contributed by atoms with Gasteiger partial charge in [-0.25, -0.2) is 0 Å². The van der Waals surface area contributed by atoms with E-state index < -0.39 is 8.07 Å². The van der Waals surface area contributed by atoms with E-state index >= 15 is 0 Å². The van der Waals surface area contributed by atoms with Crippen LogP contribution in [0.5, 0.6) is 0 Å². The van der Waals surface area contributed by atoms with Crippen LogP contribution in [-0.2, 0) is 9.47 Å². The fourth-order valence-corrected chi connectivity index (χ4v) is 9.85. The number of epoxide rings is 1. The molecule has 1 aliphatic rings. The van der Waals surface area contributed by atoms with Gasteiger partial charge in [-0.05, 0) is 6.42 Å². The average Bonchev–Trinajstić information content (AvgIpc) is 3.50. The first kappa shape index (κ1) is 25.2. The minimum absolute atomic E-state index is 0.420. The number of hydrogen-bond donors (Lipinski definition) is 0. The molecule has 1 rings (SSSR count). The lowest BCUT2D eigenvalue weighted by Crippen LogP contribution is -2.34. The van der Waals surface area contributed by atoms with Gasteiger partial charge >= 0.3 is 0 Å². The molecule has 1 atom stereocenters. The van der Waals surface area contributed by atoms with Crippen molar-refractivity contribution in [3.63, 3.8) is 0 Å². The third-order valence-electron chi connectivity index (χ3n) is 6.38. The first-order valence-electron chi connectivity index (χ1n) is 12.5. The molecule has 1 unspecified atom stereocenters. The smallest absolute Gasteiger partial charge is 0.104 e. The summed E-state index contributed by atoms with van der Waals surface area (Å²) in [6.07, 6.45) is 19.0. The highest BCUT2D eigenvalue weighted by atomic mass is 28.3. The van der Waals surface area contributed by atoms with Crippen LogP contribution in [-0.4, -0.2) is 34.0 Å². The molecule has 1 saturated heterocycles. The lowest BCUT2D eigenvalue weighted by molar-refractivity contribution is 0.117. The SMILES string of the molecule is CCCCCC[Si](CCCCCC)(CCCCCC)CCCOCC1CO1. The van der Waals surface area contributed by atoms with Gasteiger partial charge in [0.2, 0.25) is 0 Å². The van der Waals surface area contributed by atoms with Crippen LogP contribution < -0.4 is 0 Å². The molecule has 1 heterocycles. The van der Waals surface area contributed by atoms with Crippen LogP contribution in [0.2, 0.25) is 24.2 Å². The van der Waals surface area contributed by atoms with Crippen LogP contribution in [0.4, 0.5) is 0 Å². The number of rotatable bonds is 21. The van der Waals surface area contributed by atoms with E-state index in [2.05, 4.69) is 20.8 Å². The zero-order valence-electron chi connectivity index (χ0n) is 19.0. The lowest BCUT2D eigenvalue weighted by Gasteiger charge is -2.33. The van der Waals surface area contributed by atoms with Crippen molar-refractivity contribution < 1.29 is 9.47 Å². The molecule has 0 radical (unpaired) electrons. The maximum Gasteiger partial charge on any atom is 0.104 e. The second-order valence-electron chi connectivity index (χ2n) is 9.07. The minimum Gasteiger partial charge on any atom is -0.379 e. The standard InChI is InChI=1S/C24H50O2Si/c1-4-7-10-13-18-27(19-14-11-8-5-2,20-15-12-9-6-3)21-16-17-25-22-24-23-26-24/h24H,4-23H2,1-3H3. The molecule has 0 aromatic rings. The van der Waals surface area contributed by atoms with Gasteiger partial charge in [-0.1, -0.05) is 122 Å². The molecular weight excluding hydrogens is 348 g/mol. The molecule has 3 heteroatoms. The van der Waals surface area contributed by atoms with Crippen molar-refractivity contribution in [1.82, 2.24) is 0 Å². The van der Waals surface area contributed by atoms with E-state index in [4.69, 9.17) is 9.47 Å². The van der Waals surface area contributed by atoms with Gasteiger partial charge in [0.15, 0.2) is 0 Å². The van der Waals surface area contributed by atoms with E-state index in [0.29, 0.717) is 6.10 Å². The van der Waals surface area contributed by atoms with Crippen molar-refractivity contribution in [2.45, 2.75) is 135 Å². The fourth-order valence-electron chi connectivity index (χ4n) is 4.46. The van der Waals surface area contributed by atoms with Crippen molar-refractivity contribution in [1.29, 1.82) is 0 Å². The van der Waals surface area contributed by atoms with Gasteiger partial charge < -0.3 is 9.47 Å². The highest BCUT2D eigenvalue weighted by Gasteiger charge is 2.30. The maximum atomic E-state index is 5.88. The van der Waals surface area contributed by atoms with Crippen LogP contribution in [0.25, 0.3) is 0 Å². The van der Waals surface area contributed by atoms with Gasteiger partial charge in [0.05, 0.1) is 21.3 Å². The van der Waals surface area contributed by atoms with E-state index in [1.54, 1.807) is 18.1 Å². The van der Waals surface area contributed by atoms with Crippen LogP contribution in [0, 0.1) is 0 Å². The molecule has 1 aliphatic heterocycles. The second-order valence-corrected chi connectivity index (χ2v) is 14.1. The quantitative estimate of drug-likeness (QED) is 0.111. The summed E-state index contributed by atoms with van der Waals surface area (Å²) in [5, 5.41) is 0. The van der Waals surface area contributed by atoms with Crippen molar-refractivity contribution in [3.8, 4) is 0 Å². The van der Waals surface area contributed by atoms with E-state index in [0.717, 1.165) is 19.8 Å². The molecule has 0 spiro atoms. The highest BCUT2D eigenvalue weighted by Crippen LogP contribution is 2.34. The summed E-state index contributed by atoms with van der Waals surface area (Å²) >= 11 is 0. The van der Waals surface area contributed by atoms with Crippen LogP contribution in [0.15, 0.2) is 0 Å². The number of unbranched alkanes of at least 4 members (excludes halogenated alkanes) is 9.